The lowest BCUT2D eigenvalue weighted by atomic mass is 10.0. The number of halogens is 1. The van der Waals surface area contributed by atoms with Crippen molar-refractivity contribution in [2.24, 2.45) is 0 Å². The number of hydrogen-bond donors (Lipinski definition) is 1. The first kappa shape index (κ1) is 15.5. The van der Waals surface area contributed by atoms with Crippen LogP contribution in [0.2, 0.25) is 5.02 Å². The second-order valence-electron chi connectivity index (χ2n) is 6.21. The van der Waals surface area contributed by atoms with Crippen LogP contribution in [0.4, 0.5) is 5.69 Å². The van der Waals surface area contributed by atoms with E-state index in [1.807, 2.05) is 53.4 Å². The molecule has 2 aliphatic rings. The molecule has 0 aliphatic carbocycles. The normalized spacial score (nSPS) is 23.0. The smallest absolute Gasteiger partial charge is 0.257 e. The van der Waals surface area contributed by atoms with Gasteiger partial charge in [-0.15, -0.1) is 0 Å². The maximum atomic E-state index is 13.1. The standard InChI is InChI=1S/C19H19ClN2O2/c20-16-9-3-1-7-14(16)18-21-17-10-4-2-8-15(17)19(23)22(18)12-13-6-5-11-24-13/h1-4,7-10,13,18,21H,5-6,11-12H2/t13-,18-/m0/s1. The number of nitrogens with zero attached hydrogens (tertiary/aromatic N) is 1. The lowest BCUT2D eigenvalue weighted by Crippen LogP contribution is -2.46. The highest BCUT2D eigenvalue weighted by atomic mass is 35.5. The highest BCUT2D eigenvalue weighted by Gasteiger charge is 2.35. The predicted octanol–water partition coefficient (Wildman–Crippen LogP) is 4.09. The van der Waals surface area contributed by atoms with Crippen LogP contribution >= 0.6 is 11.6 Å². The van der Waals surface area contributed by atoms with Gasteiger partial charge in [-0.2, -0.15) is 0 Å². The fraction of sp³-hybridized carbons (Fsp3) is 0.316. The third-order valence-corrected chi connectivity index (χ3v) is 4.99. The summed E-state index contributed by atoms with van der Waals surface area (Å²) in [5.74, 6) is 0.0183. The van der Waals surface area contributed by atoms with E-state index in [0.717, 1.165) is 30.7 Å². The van der Waals surface area contributed by atoms with Crippen molar-refractivity contribution in [2.75, 3.05) is 18.5 Å². The minimum atomic E-state index is -0.287. The van der Waals surface area contributed by atoms with Gasteiger partial charge in [0.05, 0.1) is 11.7 Å². The molecule has 24 heavy (non-hydrogen) atoms. The number of carbonyl (C=O) groups excluding carboxylic acids is 1. The average Bonchev–Trinajstić information content (AvgIpc) is 3.11. The number of carbonyl (C=O) groups is 1. The Morgan fingerprint density at radius 2 is 1.96 bits per heavy atom. The number of amides is 1. The molecule has 1 saturated heterocycles. The molecule has 0 unspecified atom stereocenters. The Balaban J connectivity index is 1.73. The molecule has 2 aliphatic heterocycles. The Bertz CT molecular complexity index is 759. The van der Waals surface area contributed by atoms with E-state index in [0.29, 0.717) is 17.1 Å². The van der Waals surface area contributed by atoms with Gasteiger partial charge in [0.15, 0.2) is 0 Å². The van der Waals surface area contributed by atoms with Gasteiger partial charge < -0.3 is 15.0 Å². The Morgan fingerprint density at radius 1 is 1.17 bits per heavy atom. The largest absolute Gasteiger partial charge is 0.376 e. The molecule has 0 bridgehead atoms. The number of para-hydroxylation sites is 1. The van der Waals surface area contributed by atoms with Crippen LogP contribution in [0.5, 0.6) is 0 Å². The Labute approximate surface area is 146 Å². The van der Waals surface area contributed by atoms with E-state index in [9.17, 15) is 4.79 Å². The van der Waals surface area contributed by atoms with Crippen LogP contribution in [0.15, 0.2) is 48.5 Å². The molecule has 0 radical (unpaired) electrons. The number of fused-ring (bicyclic) bond motifs is 1. The molecule has 2 aromatic rings. The summed E-state index contributed by atoms with van der Waals surface area (Å²) >= 11 is 6.41. The molecule has 1 amide bonds. The van der Waals surface area contributed by atoms with Crippen molar-refractivity contribution in [1.82, 2.24) is 4.90 Å². The minimum Gasteiger partial charge on any atom is -0.376 e. The van der Waals surface area contributed by atoms with E-state index in [4.69, 9.17) is 16.3 Å². The molecule has 2 atom stereocenters. The molecule has 5 heteroatoms. The number of anilines is 1. The zero-order valence-electron chi connectivity index (χ0n) is 13.2. The van der Waals surface area contributed by atoms with Gasteiger partial charge in [0.25, 0.3) is 5.91 Å². The molecule has 2 aromatic carbocycles. The minimum absolute atomic E-state index is 0.0183. The molecule has 0 saturated carbocycles. The zero-order chi connectivity index (χ0) is 16.5. The van der Waals surface area contributed by atoms with E-state index in [2.05, 4.69) is 5.32 Å². The molecule has 2 heterocycles. The van der Waals surface area contributed by atoms with E-state index in [-0.39, 0.29) is 18.2 Å². The van der Waals surface area contributed by atoms with Gasteiger partial charge in [-0.05, 0) is 31.0 Å². The third kappa shape index (κ3) is 2.76. The average molecular weight is 343 g/mol. The lowest BCUT2D eigenvalue weighted by molar-refractivity contribution is 0.0427. The molecule has 4 rings (SSSR count). The summed E-state index contributed by atoms with van der Waals surface area (Å²) in [7, 11) is 0. The summed E-state index contributed by atoms with van der Waals surface area (Å²) in [4.78, 5) is 14.9. The molecule has 1 fully saturated rings. The summed E-state index contributed by atoms with van der Waals surface area (Å²) < 4.78 is 5.75. The summed E-state index contributed by atoms with van der Waals surface area (Å²) in [5.41, 5.74) is 2.44. The van der Waals surface area contributed by atoms with Crippen LogP contribution in [-0.4, -0.2) is 30.1 Å². The van der Waals surface area contributed by atoms with E-state index < -0.39 is 0 Å². The molecule has 1 N–H and O–H groups in total. The topological polar surface area (TPSA) is 41.6 Å². The fourth-order valence-corrected chi connectivity index (χ4v) is 3.67. The van der Waals surface area contributed by atoms with Crippen molar-refractivity contribution >= 4 is 23.2 Å². The van der Waals surface area contributed by atoms with Gasteiger partial charge in [-0.25, -0.2) is 0 Å². The quantitative estimate of drug-likeness (QED) is 0.913. The monoisotopic (exact) mass is 342 g/mol. The zero-order valence-corrected chi connectivity index (χ0v) is 14.0. The first-order valence-electron chi connectivity index (χ1n) is 8.26. The molecule has 0 spiro atoms. The number of hydrogen-bond acceptors (Lipinski definition) is 3. The van der Waals surface area contributed by atoms with Crippen molar-refractivity contribution in [2.45, 2.75) is 25.1 Å². The highest BCUT2D eigenvalue weighted by molar-refractivity contribution is 6.31. The van der Waals surface area contributed by atoms with E-state index >= 15 is 0 Å². The van der Waals surface area contributed by atoms with Gasteiger partial charge in [0.1, 0.15) is 6.17 Å². The molecule has 124 valence electrons. The lowest BCUT2D eigenvalue weighted by Gasteiger charge is -2.39. The number of benzene rings is 2. The number of rotatable bonds is 3. The van der Waals surface area contributed by atoms with Gasteiger partial charge in [-0.3, -0.25) is 4.79 Å². The van der Waals surface area contributed by atoms with Crippen LogP contribution in [0, 0.1) is 0 Å². The first-order valence-corrected chi connectivity index (χ1v) is 8.64. The summed E-state index contributed by atoms with van der Waals surface area (Å²) in [5, 5.41) is 4.13. The maximum absolute atomic E-state index is 13.1. The van der Waals surface area contributed by atoms with Crippen LogP contribution in [0.25, 0.3) is 0 Å². The van der Waals surface area contributed by atoms with Gasteiger partial charge in [0, 0.05) is 29.4 Å². The van der Waals surface area contributed by atoms with Crippen molar-refractivity contribution in [3.63, 3.8) is 0 Å². The fourth-order valence-electron chi connectivity index (χ4n) is 3.43. The van der Waals surface area contributed by atoms with Crippen LogP contribution in [0.3, 0.4) is 0 Å². The van der Waals surface area contributed by atoms with Crippen molar-refractivity contribution < 1.29 is 9.53 Å². The van der Waals surface area contributed by atoms with Crippen molar-refractivity contribution in [3.05, 3.63) is 64.7 Å². The molecule has 0 aromatic heterocycles. The first-order chi connectivity index (χ1) is 11.7. The van der Waals surface area contributed by atoms with Crippen LogP contribution in [0.1, 0.15) is 34.9 Å². The molecular formula is C19H19ClN2O2. The summed E-state index contributed by atoms with van der Waals surface area (Å²) in [6, 6.07) is 15.3. The molecule has 4 nitrogen and oxygen atoms in total. The van der Waals surface area contributed by atoms with E-state index in [1.165, 1.54) is 0 Å². The number of nitrogens with one attached hydrogen (secondary N) is 1. The van der Waals surface area contributed by atoms with Crippen LogP contribution < -0.4 is 5.32 Å². The van der Waals surface area contributed by atoms with Gasteiger partial charge in [-0.1, -0.05) is 41.9 Å². The predicted molar refractivity (Wildman–Crippen MR) is 94.3 cm³/mol. The summed E-state index contributed by atoms with van der Waals surface area (Å²) in [6.07, 6.45) is 1.84. The van der Waals surface area contributed by atoms with Crippen LogP contribution in [-0.2, 0) is 4.74 Å². The van der Waals surface area contributed by atoms with E-state index in [1.54, 1.807) is 0 Å². The highest BCUT2D eigenvalue weighted by Crippen LogP contribution is 2.36. The molecular weight excluding hydrogens is 324 g/mol. The second kappa shape index (κ2) is 6.46. The van der Waals surface area contributed by atoms with Crippen molar-refractivity contribution in [1.29, 1.82) is 0 Å². The SMILES string of the molecule is O=C1c2ccccc2N[C@H](c2ccccc2Cl)N1C[C@@H]1CCCO1. The third-order valence-electron chi connectivity index (χ3n) is 4.65. The number of ether oxygens (including phenoxy) is 1. The van der Waals surface area contributed by atoms with Crippen molar-refractivity contribution in [3.8, 4) is 0 Å². The van der Waals surface area contributed by atoms with Gasteiger partial charge in [0.2, 0.25) is 0 Å². The maximum Gasteiger partial charge on any atom is 0.257 e. The van der Waals surface area contributed by atoms with Gasteiger partial charge >= 0.3 is 0 Å². The Morgan fingerprint density at radius 3 is 2.75 bits per heavy atom. The second-order valence-corrected chi connectivity index (χ2v) is 6.61. The Kier molecular flexibility index (Phi) is 4.17. The summed E-state index contributed by atoms with van der Waals surface area (Å²) in [6.45, 7) is 1.34. The Hall–Kier alpha value is -2.04.